The number of morpholine rings is 1. The van der Waals surface area contributed by atoms with Crippen LogP contribution in [0.2, 0.25) is 0 Å². The van der Waals surface area contributed by atoms with Crippen LogP contribution >= 0.6 is 0 Å². The lowest BCUT2D eigenvalue weighted by atomic mass is 10.0. The predicted octanol–water partition coefficient (Wildman–Crippen LogP) is 6.44. The van der Waals surface area contributed by atoms with Gasteiger partial charge in [0.1, 0.15) is 47.6 Å². The molecule has 1 aromatic heterocycles. The number of carbonyl (C=O) groups excluding carboxylic acids is 2. The molecule has 13 heteroatoms. The van der Waals surface area contributed by atoms with Gasteiger partial charge in [-0.1, -0.05) is 18.2 Å². The van der Waals surface area contributed by atoms with Gasteiger partial charge in [-0.25, -0.2) is 9.97 Å². The number of anilines is 2. The number of rotatable bonds is 13. The van der Waals surface area contributed by atoms with Crippen LogP contribution < -0.4 is 34.3 Å². The van der Waals surface area contributed by atoms with Crippen molar-refractivity contribution in [3.05, 3.63) is 91.3 Å². The topological polar surface area (TPSA) is 143 Å². The van der Waals surface area contributed by atoms with E-state index in [2.05, 4.69) is 25.5 Å². The molecule has 2 fully saturated rings. The highest BCUT2D eigenvalue weighted by Crippen LogP contribution is 2.49. The van der Waals surface area contributed by atoms with E-state index in [1.165, 1.54) is 6.33 Å². The van der Waals surface area contributed by atoms with Crippen molar-refractivity contribution in [2.75, 3.05) is 63.3 Å². The first kappa shape index (κ1) is 34.2. The molecule has 13 nitrogen and oxygen atoms in total. The third-order valence-corrected chi connectivity index (χ3v) is 9.36. The van der Waals surface area contributed by atoms with E-state index >= 15 is 0 Å². The van der Waals surface area contributed by atoms with Gasteiger partial charge in [-0.15, -0.1) is 0 Å². The maximum absolute atomic E-state index is 13.3. The molecule has 1 aliphatic carbocycles. The molecule has 8 rings (SSSR count). The second-order valence-corrected chi connectivity index (χ2v) is 13.0. The quantitative estimate of drug-likeness (QED) is 0.103. The summed E-state index contributed by atoms with van der Waals surface area (Å²) in [5.74, 6) is 2.95. The fourth-order valence-corrected chi connectivity index (χ4v) is 6.29. The highest BCUT2D eigenvalue weighted by atomic mass is 16.6. The number of hydrogen-bond acceptors (Lipinski definition) is 11. The number of hydrogen-bond donors (Lipinski definition) is 2. The van der Waals surface area contributed by atoms with E-state index in [0.717, 1.165) is 39.3 Å². The normalized spacial score (nSPS) is 16.0. The largest absolute Gasteiger partial charge is 0.489 e. The number of ether oxygens (including phenoxy) is 6. The number of benzene rings is 4. The Morgan fingerprint density at radius 1 is 0.736 bits per heavy atom. The zero-order valence-corrected chi connectivity index (χ0v) is 29.0. The third kappa shape index (κ3) is 7.81. The summed E-state index contributed by atoms with van der Waals surface area (Å²) in [6, 6.07) is 25.2. The van der Waals surface area contributed by atoms with Gasteiger partial charge in [0.25, 0.3) is 0 Å². The Kier molecular flexibility index (Phi) is 9.91. The summed E-state index contributed by atoms with van der Waals surface area (Å²) < 4.78 is 35.7. The van der Waals surface area contributed by atoms with Gasteiger partial charge in [0, 0.05) is 37.1 Å². The van der Waals surface area contributed by atoms with Crippen molar-refractivity contribution in [1.29, 1.82) is 0 Å². The minimum Gasteiger partial charge on any atom is -0.489 e. The van der Waals surface area contributed by atoms with Gasteiger partial charge in [0.05, 0.1) is 25.3 Å². The van der Waals surface area contributed by atoms with Gasteiger partial charge in [-0.05, 0) is 79.9 Å². The number of nitrogens with one attached hydrogen (secondary N) is 2. The number of aromatic nitrogens is 2. The molecule has 2 aliphatic heterocycles. The molecule has 1 saturated carbocycles. The minimum atomic E-state index is -1.14. The minimum absolute atomic E-state index is 0.292. The van der Waals surface area contributed by atoms with Gasteiger partial charge in [-0.2, -0.15) is 0 Å². The van der Waals surface area contributed by atoms with Crippen molar-refractivity contribution in [3.63, 3.8) is 0 Å². The van der Waals surface area contributed by atoms with Crippen molar-refractivity contribution < 1.29 is 38.0 Å². The molecule has 3 aliphatic rings. The summed E-state index contributed by atoms with van der Waals surface area (Å²) in [4.78, 5) is 37.8. The standard InChI is InChI=1S/C40H39N5O8/c46-38(43-27-7-11-30(12-8-27)52-29-5-2-1-3-6-29)40(15-16-40)39(47)44-28-9-13-31(14-10-28)53-37-34-32(41-26-42-37)25-33(35-36(34)51-24-23-50-35)49-20-4-17-45-18-21-48-22-19-45/h1-3,5-14,25-26H,4,15-24H2,(H,43,46)(H,44,47). The molecule has 3 heterocycles. The van der Waals surface area contributed by atoms with E-state index < -0.39 is 5.41 Å². The summed E-state index contributed by atoms with van der Waals surface area (Å²) in [5.41, 5.74) is 0.562. The first-order chi connectivity index (χ1) is 26.0. The SMILES string of the molecule is O=C(Nc1ccc(Oc2ccccc2)cc1)C1(C(=O)Nc2ccc(Oc3ncnc4cc(OCCCN5CCOCC5)c5c(c34)OCCO5)cc2)CC1. The van der Waals surface area contributed by atoms with Crippen LogP contribution in [-0.2, 0) is 14.3 Å². The molecule has 5 aromatic rings. The summed E-state index contributed by atoms with van der Waals surface area (Å²) in [6.45, 7) is 5.59. The number of carbonyl (C=O) groups is 2. The molecular weight excluding hydrogens is 678 g/mol. The van der Waals surface area contributed by atoms with E-state index in [1.807, 2.05) is 36.4 Å². The Labute approximate surface area is 306 Å². The van der Waals surface area contributed by atoms with Crippen molar-refractivity contribution in [2.45, 2.75) is 19.3 Å². The third-order valence-electron chi connectivity index (χ3n) is 9.36. The zero-order chi connectivity index (χ0) is 36.0. The second kappa shape index (κ2) is 15.4. The summed E-state index contributed by atoms with van der Waals surface area (Å²) >= 11 is 0. The Balaban J connectivity index is 0.894. The van der Waals surface area contributed by atoms with Crippen LogP contribution in [0.1, 0.15) is 19.3 Å². The molecule has 2 N–H and O–H groups in total. The lowest BCUT2D eigenvalue weighted by Gasteiger charge is -2.26. The van der Waals surface area contributed by atoms with Crippen LogP contribution in [-0.4, -0.2) is 79.4 Å². The molecule has 0 spiro atoms. The average molecular weight is 718 g/mol. The maximum atomic E-state index is 13.3. The van der Waals surface area contributed by atoms with Crippen LogP contribution in [0.25, 0.3) is 10.9 Å². The van der Waals surface area contributed by atoms with Gasteiger partial charge >= 0.3 is 0 Å². The second-order valence-electron chi connectivity index (χ2n) is 13.0. The molecule has 1 saturated heterocycles. The highest BCUT2D eigenvalue weighted by molar-refractivity contribution is 6.17. The van der Waals surface area contributed by atoms with E-state index in [1.54, 1.807) is 48.5 Å². The Bertz CT molecular complexity index is 2070. The molecule has 0 bridgehead atoms. The summed E-state index contributed by atoms with van der Waals surface area (Å²) in [7, 11) is 0. The Hall–Kier alpha value is -5.92. The Morgan fingerprint density at radius 3 is 2.02 bits per heavy atom. The zero-order valence-electron chi connectivity index (χ0n) is 29.0. The molecule has 2 amide bonds. The van der Waals surface area contributed by atoms with Crippen LogP contribution in [0.4, 0.5) is 11.4 Å². The fourth-order valence-electron chi connectivity index (χ4n) is 6.29. The van der Waals surface area contributed by atoms with Gasteiger partial charge in [0.2, 0.25) is 23.4 Å². The van der Waals surface area contributed by atoms with Gasteiger partial charge in [-0.3, -0.25) is 14.5 Å². The molecule has 0 radical (unpaired) electrons. The Morgan fingerprint density at radius 2 is 1.36 bits per heavy atom. The van der Waals surface area contributed by atoms with Crippen LogP contribution in [0.15, 0.2) is 91.3 Å². The van der Waals surface area contributed by atoms with E-state index in [9.17, 15) is 9.59 Å². The monoisotopic (exact) mass is 717 g/mol. The van der Waals surface area contributed by atoms with Crippen molar-refractivity contribution >= 4 is 34.1 Å². The first-order valence-corrected chi connectivity index (χ1v) is 17.8. The van der Waals surface area contributed by atoms with Crippen LogP contribution in [0.5, 0.6) is 40.4 Å². The van der Waals surface area contributed by atoms with Crippen molar-refractivity contribution in [1.82, 2.24) is 14.9 Å². The number of fused-ring (bicyclic) bond motifs is 3. The van der Waals surface area contributed by atoms with Crippen LogP contribution in [0, 0.1) is 5.41 Å². The highest BCUT2D eigenvalue weighted by Gasteiger charge is 2.56. The lowest BCUT2D eigenvalue weighted by molar-refractivity contribution is -0.131. The number of para-hydroxylation sites is 1. The lowest BCUT2D eigenvalue weighted by Crippen LogP contribution is -2.37. The van der Waals surface area contributed by atoms with E-state index in [4.69, 9.17) is 28.4 Å². The molecule has 272 valence electrons. The number of amides is 2. The molecule has 0 unspecified atom stereocenters. The van der Waals surface area contributed by atoms with Gasteiger partial charge in [0.15, 0.2) is 11.5 Å². The average Bonchev–Trinajstić information content (AvgIpc) is 4.02. The molecular formula is C40H39N5O8. The molecule has 4 aromatic carbocycles. The van der Waals surface area contributed by atoms with Gasteiger partial charge < -0.3 is 39.1 Å². The van der Waals surface area contributed by atoms with E-state index in [0.29, 0.717) is 95.3 Å². The van der Waals surface area contributed by atoms with Crippen LogP contribution in [0.3, 0.4) is 0 Å². The van der Waals surface area contributed by atoms with Crippen molar-refractivity contribution in [2.24, 2.45) is 5.41 Å². The fraction of sp³-hybridized carbons (Fsp3) is 0.300. The smallest absolute Gasteiger partial charge is 0.240 e. The predicted molar refractivity (Wildman–Crippen MR) is 196 cm³/mol. The number of nitrogens with zero attached hydrogens (tertiary/aromatic N) is 3. The first-order valence-electron chi connectivity index (χ1n) is 17.8. The van der Waals surface area contributed by atoms with Crippen molar-refractivity contribution in [3.8, 4) is 40.4 Å². The maximum Gasteiger partial charge on any atom is 0.240 e. The summed E-state index contributed by atoms with van der Waals surface area (Å²) in [5, 5.41) is 6.35. The molecule has 53 heavy (non-hydrogen) atoms. The summed E-state index contributed by atoms with van der Waals surface area (Å²) in [6.07, 6.45) is 3.20. The molecule has 0 atom stereocenters. The van der Waals surface area contributed by atoms with E-state index in [-0.39, 0.29) is 11.8 Å².